The van der Waals surface area contributed by atoms with Crippen LogP contribution in [0.25, 0.3) is 0 Å². The van der Waals surface area contributed by atoms with Crippen molar-refractivity contribution >= 4 is 23.9 Å². The van der Waals surface area contributed by atoms with E-state index in [4.69, 9.17) is 0 Å². The molecule has 7 heteroatoms. The van der Waals surface area contributed by atoms with E-state index < -0.39 is 0 Å². The number of carbonyl (C=O) groups is 3. The predicted molar refractivity (Wildman–Crippen MR) is 106 cm³/mol. The average molecular weight is 380 g/mol. The van der Waals surface area contributed by atoms with Crippen LogP contribution in [0.2, 0.25) is 0 Å². The van der Waals surface area contributed by atoms with Crippen LogP contribution in [0.5, 0.6) is 0 Å². The normalized spacial score (nSPS) is 14.1. The summed E-state index contributed by atoms with van der Waals surface area (Å²) < 4.78 is 0. The first-order valence-electron chi connectivity index (χ1n) is 9.33. The van der Waals surface area contributed by atoms with Crippen molar-refractivity contribution in [3.63, 3.8) is 0 Å². The minimum atomic E-state index is -0.315. The highest BCUT2D eigenvalue weighted by atomic mass is 16.2. The number of hydrogen-bond acceptors (Lipinski definition) is 4. The number of amides is 3. The number of pyridine rings is 1. The highest BCUT2D eigenvalue weighted by Gasteiger charge is 2.22. The van der Waals surface area contributed by atoms with Gasteiger partial charge in [0.05, 0.1) is 11.1 Å². The molecule has 1 aliphatic heterocycles. The largest absolute Gasteiger partial charge is 0.342 e. The number of aromatic nitrogens is 1. The molecule has 3 amide bonds. The van der Waals surface area contributed by atoms with Crippen molar-refractivity contribution in [3.05, 3.63) is 59.4 Å². The van der Waals surface area contributed by atoms with Crippen molar-refractivity contribution in [2.24, 2.45) is 0 Å². The van der Waals surface area contributed by atoms with Gasteiger partial charge in [-0.05, 0) is 29.7 Å². The van der Waals surface area contributed by atoms with Crippen molar-refractivity contribution in [3.8, 4) is 0 Å². The average Bonchev–Trinajstić information content (AvgIpc) is 2.73. The smallest absolute Gasteiger partial charge is 0.257 e. The summed E-state index contributed by atoms with van der Waals surface area (Å²) in [5.74, 6) is -0.0794. The van der Waals surface area contributed by atoms with Gasteiger partial charge in [0.25, 0.3) is 11.8 Å². The molecule has 3 rings (SSSR count). The molecule has 0 bridgehead atoms. The highest BCUT2D eigenvalue weighted by Crippen LogP contribution is 2.18. The van der Waals surface area contributed by atoms with E-state index in [-0.39, 0.29) is 11.8 Å². The van der Waals surface area contributed by atoms with Crippen LogP contribution in [0.3, 0.4) is 0 Å². The van der Waals surface area contributed by atoms with Gasteiger partial charge in [0.15, 0.2) is 0 Å². The Hall–Kier alpha value is -3.22. The van der Waals surface area contributed by atoms with Gasteiger partial charge in [-0.3, -0.25) is 19.4 Å². The van der Waals surface area contributed by atoms with E-state index in [2.05, 4.69) is 24.1 Å². The van der Waals surface area contributed by atoms with Crippen LogP contribution in [0, 0.1) is 0 Å². The molecule has 1 aromatic heterocycles. The molecule has 0 aliphatic carbocycles. The number of nitrogens with zero attached hydrogens (tertiary/aromatic N) is 3. The maximum atomic E-state index is 12.7. The second-order valence-electron chi connectivity index (χ2n) is 7.13. The maximum absolute atomic E-state index is 12.7. The topological polar surface area (TPSA) is 82.6 Å². The standard InChI is InChI=1S/C21H24N4O3/c1-15(2)16-3-5-19(6-4-16)23-20(27)17-11-18(13-22-12-17)21(28)25-9-7-24(14-26)8-10-25/h3-6,11-15H,7-10H2,1-2H3,(H,23,27). The first-order valence-corrected chi connectivity index (χ1v) is 9.33. The molecule has 1 fully saturated rings. The molecule has 146 valence electrons. The van der Waals surface area contributed by atoms with E-state index in [0.29, 0.717) is 48.9 Å². The second-order valence-corrected chi connectivity index (χ2v) is 7.13. The van der Waals surface area contributed by atoms with E-state index >= 15 is 0 Å². The molecule has 0 spiro atoms. The van der Waals surface area contributed by atoms with Gasteiger partial charge in [0, 0.05) is 44.3 Å². The molecule has 7 nitrogen and oxygen atoms in total. The lowest BCUT2D eigenvalue weighted by molar-refractivity contribution is -0.119. The summed E-state index contributed by atoms with van der Waals surface area (Å²) in [5.41, 5.74) is 2.57. The number of benzene rings is 1. The molecule has 0 atom stereocenters. The lowest BCUT2D eigenvalue weighted by atomic mass is 10.0. The first kappa shape index (κ1) is 19.5. The first-order chi connectivity index (χ1) is 13.5. The molecule has 2 aromatic rings. The molecular formula is C21H24N4O3. The SMILES string of the molecule is CC(C)c1ccc(NC(=O)c2cncc(C(=O)N3CCN(C=O)CC3)c2)cc1. The highest BCUT2D eigenvalue weighted by molar-refractivity contribution is 6.05. The lowest BCUT2D eigenvalue weighted by Crippen LogP contribution is -2.48. The predicted octanol–water partition coefficient (Wildman–Crippen LogP) is 2.37. The van der Waals surface area contributed by atoms with Crippen molar-refractivity contribution in [1.29, 1.82) is 0 Å². The maximum Gasteiger partial charge on any atom is 0.257 e. The van der Waals surface area contributed by atoms with Gasteiger partial charge in [-0.25, -0.2) is 0 Å². The zero-order valence-corrected chi connectivity index (χ0v) is 16.1. The minimum Gasteiger partial charge on any atom is -0.342 e. The van der Waals surface area contributed by atoms with Gasteiger partial charge in [0.1, 0.15) is 0 Å². The Morgan fingerprint density at radius 3 is 2.29 bits per heavy atom. The van der Waals surface area contributed by atoms with E-state index in [9.17, 15) is 14.4 Å². The van der Waals surface area contributed by atoms with Gasteiger partial charge in [0.2, 0.25) is 6.41 Å². The van der Waals surface area contributed by atoms with Crippen molar-refractivity contribution in [1.82, 2.24) is 14.8 Å². The van der Waals surface area contributed by atoms with Crippen LogP contribution in [-0.4, -0.2) is 59.2 Å². The molecule has 2 heterocycles. The number of rotatable bonds is 5. The zero-order chi connectivity index (χ0) is 20.1. The summed E-state index contributed by atoms with van der Waals surface area (Å²) in [6.07, 6.45) is 3.70. The van der Waals surface area contributed by atoms with Gasteiger partial charge in [-0.2, -0.15) is 0 Å². The number of carbonyl (C=O) groups excluding carboxylic acids is 3. The second kappa shape index (κ2) is 8.65. The molecular weight excluding hydrogens is 356 g/mol. The molecule has 0 unspecified atom stereocenters. The minimum absolute atomic E-state index is 0.186. The summed E-state index contributed by atoms with van der Waals surface area (Å²) >= 11 is 0. The number of hydrogen-bond donors (Lipinski definition) is 1. The molecule has 0 saturated carbocycles. The molecule has 1 aliphatic rings. The summed E-state index contributed by atoms with van der Waals surface area (Å²) in [6, 6.07) is 9.25. The Balaban J connectivity index is 1.67. The molecule has 28 heavy (non-hydrogen) atoms. The van der Waals surface area contributed by atoms with Gasteiger partial charge >= 0.3 is 0 Å². The molecule has 1 N–H and O–H groups in total. The van der Waals surface area contributed by atoms with Crippen molar-refractivity contribution in [2.75, 3.05) is 31.5 Å². The van der Waals surface area contributed by atoms with Crippen LogP contribution < -0.4 is 5.32 Å². The van der Waals surface area contributed by atoms with Gasteiger partial charge < -0.3 is 15.1 Å². The third-order valence-corrected chi connectivity index (χ3v) is 4.83. The third kappa shape index (κ3) is 4.54. The van der Waals surface area contributed by atoms with Crippen LogP contribution in [0.1, 0.15) is 46.0 Å². The van der Waals surface area contributed by atoms with Crippen LogP contribution in [-0.2, 0) is 4.79 Å². The quantitative estimate of drug-likeness (QED) is 0.808. The Morgan fingerprint density at radius 1 is 1.04 bits per heavy atom. The van der Waals surface area contributed by atoms with E-state index in [1.165, 1.54) is 18.0 Å². The van der Waals surface area contributed by atoms with E-state index in [1.807, 2.05) is 24.3 Å². The monoisotopic (exact) mass is 380 g/mol. The van der Waals surface area contributed by atoms with Crippen molar-refractivity contribution in [2.45, 2.75) is 19.8 Å². The summed E-state index contributed by atoms with van der Waals surface area (Å²) in [4.78, 5) is 43.4. The Bertz CT molecular complexity index is 856. The van der Waals surface area contributed by atoms with Crippen molar-refractivity contribution < 1.29 is 14.4 Å². The van der Waals surface area contributed by atoms with Gasteiger partial charge in [-0.15, -0.1) is 0 Å². The number of piperazine rings is 1. The Kier molecular flexibility index (Phi) is 6.03. The summed E-state index contributed by atoms with van der Waals surface area (Å²) in [7, 11) is 0. The lowest BCUT2D eigenvalue weighted by Gasteiger charge is -2.32. The fourth-order valence-electron chi connectivity index (χ4n) is 3.05. The van der Waals surface area contributed by atoms with Crippen LogP contribution in [0.4, 0.5) is 5.69 Å². The van der Waals surface area contributed by atoms with Crippen LogP contribution in [0.15, 0.2) is 42.7 Å². The number of nitrogens with one attached hydrogen (secondary N) is 1. The van der Waals surface area contributed by atoms with Gasteiger partial charge in [-0.1, -0.05) is 26.0 Å². The summed E-state index contributed by atoms with van der Waals surface area (Å²) in [5, 5.41) is 2.83. The summed E-state index contributed by atoms with van der Waals surface area (Å²) in [6.45, 7) is 6.18. The number of anilines is 1. The third-order valence-electron chi connectivity index (χ3n) is 4.83. The fraction of sp³-hybridized carbons (Fsp3) is 0.333. The fourth-order valence-corrected chi connectivity index (χ4v) is 3.05. The molecule has 1 aromatic carbocycles. The molecule has 0 radical (unpaired) electrons. The van der Waals surface area contributed by atoms with E-state index in [1.54, 1.807) is 15.9 Å². The van der Waals surface area contributed by atoms with Crippen LogP contribution >= 0.6 is 0 Å². The van der Waals surface area contributed by atoms with E-state index in [0.717, 1.165) is 6.41 Å². The Labute approximate surface area is 164 Å². The Morgan fingerprint density at radius 2 is 1.68 bits per heavy atom. The molecule has 1 saturated heterocycles. The zero-order valence-electron chi connectivity index (χ0n) is 16.1.